The Hall–Kier alpha value is -0.910. The highest BCUT2D eigenvalue weighted by molar-refractivity contribution is 6.33. The highest BCUT2D eigenvalue weighted by atomic mass is 35.5. The van der Waals surface area contributed by atoms with Gasteiger partial charge in [-0.15, -0.1) is 0 Å². The number of aromatic nitrogens is 2. The standard InChI is InChI=1S/C14H23ClN4O/c1-14(4-6-16-7-5-14)13(20)12-11(15)10-17-19(12)9-8-18(2)3/h10,16H,4-9H2,1-3H3. The van der Waals surface area contributed by atoms with Crippen LogP contribution in [0.3, 0.4) is 0 Å². The normalized spacial score (nSPS) is 18.4. The van der Waals surface area contributed by atoms with Gasteiger partial charge < -0.3 is 10.2 Å². The first-order chi connectivity index (χ1) is 9.44. The molecular weight excluding hydrogens is 276 g/mol. The number of carbonyl (C=O) groups excluding carboxylic acids is 1. The largest absolute Gasteiger partial charge is 0.317 e. The summed E-state index contributed by atoms with van der Waals surface area (Å²) in [4.78, 5) is 14.9. The molecule has 1 saturated heterocycles. The maximum atomic E-state index is 12.9. The molecular formula is C14H23ClN4O. The van der Waals surface area contributed by atoms with Gasteiger partial charge in [0, 0.05) is 12.0 Å². The van der Waals surface area contributed by atoms with Gasteiger partial charge in [0.05, 0.1) is 17.8 Å². The molecule has 0 saturated carbocycles. The smallest absolute Gasteiger partial charge is 0.188 e. The number of piperidine rings is 1. The Bertz CT molecular complexity index is 478. The van der Waals surface area contributed by atoms with Crippen LogP contribution in [-0.4, -0.2) is 54.2 Å². The van der Waals surface area contributed by atoms with E-state index in [0.29, 0.717) is 17.3 Å². The third kappa shape index (κ3) is 3.22. The molecule has 2 heterocycles. The number of nitrogens with one attached hydrogen (secondary N) is 1. The van der Waals surface area contributed by atoms with Crippen molar-refractivity contribution in [1.29, 1.82) is 0 Å². The van der Waals surface area contributed by atoms with Crippen LogP contribution in [0.2, 0.25) is 5.02 Å². The summed E-state index contributed by atoms with van der Waals surface area (Å²) in [5, 5.41) is 8.02. The second-order valence-corrected chi connectivity index (χ2v) is 6.41. The number of ketones is 1. The third-order valence-electron chi connectivity index (χ3n) is 4.02. The van der Waals surface area contributed by atoms with Gasteiger partial charge in [-0.3, -0.25) is 9.48 Å². The highest BCUT2D eigenvalue weighted by Crippen LogP contribution is 2.34. The molecule has 0 aromatic carbocycles. The molecule has 0 atom stereocenters. The molecule has 2 rings (SSSR count). The number of hydrogen-bond acceptors (Lipinski definition) is 4. The van der Waals surface area contributed by atoms with Crippen molar-refractivity contribution in [2.24, 2.45) is 5.41 Å². The molecule has 1 aliphatic rings. The first-order valence-corrected chi connectivity index (χ1v) is 7.43. The molecule has 0 unspecified atom stereocenters. The maximum Gasteiger partial charge on any atom is 0.188 e. The topological polar surface area (TPSA) is 50.2 Å². The van der Waals surface area contributed by atoms with E-state index >= 15 is 0 Å². The van der Waals surface area contributed by atoms with Gasteiger partial charge in [0.1, 0.15) is 5.69 Å². The van der Waals surface area contributed by atoms with Crippen LogP contribution in [0.1, 0.15) is 30.3 Å². The Morgan fingerprint density at radius 2 is 2.15 bits per heavy atom. The molecule has 1 aliphatic heterocycles. The zero-order chi connectivity index (χ0) is 14.8. The fourth-order valence-corrected chi connectivity index (χ4v) is 2.77. The Kier molecular flexibility index (Phi) is 4.83. The maximum absolute atomic E-state index is 12.9. The lowest BCUT2D eigenvalue weighted by Crippen LogP contribution is -2.41. The number of carbonyl (C=O) groups is 1. The van der Waals surface area contributed by atoms with Gasteiger partial charge in [-0.1, -0.05) is 18.5 Å². The van der Waals surface area contributed by atoms with Gasteiger partial charge in [0.2, 0.25) is 0 Å². The number of nitrogens with zero attached hydrogens (tertiary/aromatic N) is 3. The summed E-state index contributed by atoms with van der Waals surface area (Å²) < 4.78 is 1.75. The van der Waals surface area contributed by atoms with Crippen LogP contribution >= 0.6 is 11.6 Å². The van der Waals surface area contributed by atoms with Gasteiger partial charge in [-0.05, 0) is 40.0 Å². The second kappa shape index (κ2) is 6.24. The second-order valence-electron chi connectivity index (χ2n) is 6.01. The summed E-state index contributed by atoms with van der Waals surface area (Å²) in [6.45, 7) is 5.30. The van der Waals surface area contributed by atoms with Crippen LogP contribution in [0.4, 0.5) is 0 Å². The van der Waals surface area contributed by atoms with Crippen molar-refractivity contribution in [1.82, 2.24) is 20.0 Å². The van der Waals surface area contributed by atoms with Gasteiger partial charge in [-0.25, -0.2) is 0 Å². The fraction of sp³-hybridized carbons (Fsp3) is 0.714. The molecule has 0 radical (unpaired) electrons. The Balaban J connectivity index is 2.22. The average molecular weight is 299 g/mol. The van der Waals surface area contributed by atoms with Gasteiger partial charge >= 0.3 is 0 Å². The summed E-state index contributed by atoms with van der Waals surface area (Å²) in [5.74, 6) is 0.125. The molecule has 6 heteroatoms. The summed E-state index contributed by atoms with van der Waals surface area (Å²) in [5.41, 5.74) is 0.239. The summed E-state index contributed by atoms with van der Waals surface area (Å²) in [7, 11) is 4.00. The van der Waals surface area contributed by atoms with E-state index < -0.39 is 0 Å². The average Bonchev–Trinajstić information content (AvgIpc) is 2.77. The Labute approximate surface area is 125 Å². The van der Waals surface area contributed by atoms with E-state index in [1.807, 2.05) is 21.0 Å². The quantitative estimate of drug-likeness (QED) is 0.840. The zero-order valence-corrected chi connectivity index (χ0v) is 13.2. The monoisotopic (exact) mass is 298 g/mol. The van der Waals surface area contributed by atoms with Gasteiger partial charge in [0.25, 0.3) is 0 Å². The van der Waals surface area contributed by atoms with E-state index in [2.05, 4.69) is 15.3 Å². The molecule has 1 N–H and O–H groups in total. The lowest BCUT2D eigenvalue weighted by atomic mass is 9.76. The van der Waals surface area contributed by atoms with E-state index in [9.17, 15) is 4.79 Å². The number of hydrogen-bond donors (Lipinski definition) is 1. The molecule has 1 aromatic rings. The Morgan fingerprint density at radius 3 is 2.75 bits per heavy atom. The first-order valence-electron chi connectivity index (χ1n) is 7.05. The minimum Gasteiger partial charge on any atom is -0.317 e. The van der Waals surface area contributed by atoms with Crippen LogP contribution in [0.15, 0.2) is 6.20 Å². The molecule has 0 amide bonds. The summed E-state index contributed by atoms with van der Waals surface area (Å²) in [6, 6.07) is 0. The predicted molar refractivity (Wildman–Crippen MR) is 80.3 cm³/mol. The van der Waals surface area contributed by atoms with Crippen LogP contribution in [0.5, 0.6) is 0 Å². The fourth-order valence-electron chi connectivity index (χ4n) is 2.54. The zero-order valence-electron chi connectivity index (χ0n) is 12.4. The molecule has 1 fully saturated rings. The van der Waals surface area contributed by atoms with Crippen LogP contribution in [-0.2, 0) is 6.54 Å². The van der Waals surface area contributed by atoms with E-state index in [0.717, 1.165) is 32.5 Å². The predicted octanol–water partition coefficient (Wildman–Crippen LogP) is 1.67. The lowest BCUT2D eigenvalue weighted by Gasteiger charge is -2.32. The highest BCUT2D eigenvalue weighted by Gasteiger charge is 2.37. The first kappa shape index (κ1) is 15.5. The number of halogens is 1. The molecule has 0 bridgehead atoms. The minimum absolute atomic E-state index is 0.125. The van der Waals surface area contributed by atoms with Crippen molar-refractivity contribution < 1.29 is 4.79 Å². The van der Waals surface area contributed by atoms with Crippen LogP contribution < -0.4 is 5.32 Å². The van der Waals surface area contributed by atoms with Crippen molar-refractivity contribution in [3.8, 4) is 0 Å². The SMILES string of the molecule is CN(C)CCn1ncc(Cl)c1C(=O)C1(C)CCNCC1. The molecule has 5 nitrogen and oxygen atoms in total. The van der Waals surface area contributed by atoms with E-state index in [1.165, 1.54) is 0 Å². The van der Waals surface area contributed by atoms with Crippen molar-refractivity contribution in [3.63, 3.8) is 0 Å². The summed E-state index contributed by atoms with van der Waals surface area (Å²) >= 11 is 6.20. The van der Waals surface area contributed by atoms with Gasteiger partial charge in [0.15, 0.2) is 5.78 Å². The van der Waals surface area contributed by atoms with Crippen LogP contribution in [0.25, 0.3) is 0 Å². The van der Waals surface area contributed by atoms with E-state index in [4.69, 9.17) is 11.6 Å². The van der Waals surface area contributed by atoms with Crippen molar-refractivity contribution in [3.05, 3.63) is 16.9 Å². The van der Waals surface area contributed by atoms with Crippen LogP contribution in [0, 0.1) is 5.41 Å². The molecule has 20 heavy (non-hydrogen) atoms. The van der Waals surface area contributed by atoms with Crippen molar-refractivity contribution in [2.45, 2.75) is 26.3 Å². The molecule has 1 aromatic heterocycles. The van der Waals surface area contributed by atoms with Crippen molar-refractivity contribution >= 4 is 17.4 Å². The van der Waals surface area contributed by atoms with Crippen molar-refractivity contribution in [2.75, 3.05) is 33.7 Å². The molecule has 0 spiro atoms. The summed E-state index contributed by atoms with van der Waals surface area (Å²) in [6.07, 6.45) is 3.27. The van der Waals surface area contributed by atoms with E-state index in [1.54, 1.807) is 10.9 Å². The minimum atomic E-state index is -0.329. The third-order valence-corrected chi connectivity index (χ3v) is 4.30. The number of likely N-dealkylation sites (N-methyl/N-ethyl adjacent to an activating group) is 1. The molecule has 112 valence electrons. The Morgan fingerprint density at radius 1 is 1.50 bits per heavy atom. The van der Waals surface area contributed by atoms with Gasteiger partial charge in [-0.2, -0.15) is 5.10 Å². The lowest BCUT2D eigenvalue weighted by molar-refractivity contribution is 0.0749. The van der Waals surface area contributed by atoms with E-state index in [-0.39, 0.29) is 11.2 Å². The molecule has 0 aliphatic carbocycles. The number of rotatable bonds is 5. The number of Topliss-reactive ketones (excluding diaryl/α,β-unsaturated/α-hetero) is 1.